The Balaban J connectivity index is 1.47. The lowest BCUT2D eigenvalue weighted by atomic mass is 9.98. The van der Waals surface area contributed by atoms with Gasteiger partial charge in [0, 0.05) is 24.7 Å². The SMILES string of the molecule is O=C(COc1ccc(Cl)c(F)c1)NC1CCN(NC(=O)COc2ccc(Cl)c(F)c2)C(C(=O)O)C1. The molecule has 0 aromatic heterocycles. The lowest BCUT2D eigenvalue weighted by Gasteiger charge is -2.37. The Morgan fingerprint density at radius 2 is 1.51 bits per heavy atom. The number of aliphatic carboxylic acids is 1. The first-order chi connectivity index (χ1) is 16.6. The van der Waals surface area contributed by atoms with Crippen molar-refractivity contribution in [3.63, 3.8) is 0 Å². The molecule has 2 aromatic carbocycles. The fraction of sp³-hybridized carbons (Fsp3) is 0.318. The van der Waals surface area contributed by atoms with Crippen molar-refractivity contribution >= 4 is 41.0 Å². The van der Waals surface area contributed by atoms with Crippen molar-refractivity contribution in [3.8, 4) is 11.5 Å². The van der Waals surface area contributed by atoms with E-state index < -0.39 is 54.7 Å². The van der Waals surface area contributed by atoms with Gasteiger partial charge in [0.2, 0.25) is 0 Å². The van der Waals surface area contributed by atoms with Crippen LogP contribution >= 0.6 is 23.2 Å². The Kier molecular flexibility index (Phi) is 9.07. The van der Waals surface area contributed by atoms with Gasteiger partial charge < -0.3 is 19.9 Å². The molecule has 188 valence electrons. The number of carboxylic acids is 1. The van der Waals surface area contributed by atoms with E-state index in [-0.39, 0.29) is 34.5 Å². The molecule has 3 rings (SSSR count). The molecule has 1 aliphatic heterocycles. The number of halogens is 4. The van der Waals surface area contributed by atoms with E-state index in [0.717, 1.165) is 12.1 Å². The Morgan fingerprint density at radius 3 is 2.03 bits per heavy atom. The Labute approximate surface area is 208 Å². The van der Waals surface area contributed by atoms with E-state index in [0.29, 0.717) is 6.42 Å². The molecule has 0 bridgehead atoms. The number of carboxylic acid groups (broad SMARTS) is 1. The van der Waals surface area contributed by atoms with Gasteiger partial charge in [-0.3, -0.25) is 19.8 Å². The molecule has 2 unspecified atom stereocenters. The molecule has 13 heteroatoms. The van der Waals surface area contributed by atoms with Gasteiger partial charge in [0.15, 0.2) is 13.2 Å². The second-order valence-corrected chi connectivity index (χ2v) is 8.41. The van der Waals surface area contributed by atoms with Crippen molar-refractivity contribution in [2.75, 3.05) is 19.8 Å². The summed E-state index contributed by atoms with van der Waals surface area (Å²) in [5, 5.41) is 13.3. The number of amides is 2. The van der Waals surface area contributed by atoms with Crippen LogP contribution in [0.2, 0.25) is 10.0 Å². The summed E-state index contributed by atoms with van der Waals surface area (Å²) in [5.74, 6) is -3.54. The van der Waals surface area contributed by atoms with E-state index in [1.54, 1.807) is 0 Å². The molecule has 3 N–H and O–H groups in total. The summed E-state index contributed by atoms with van der Waals surface area (Å²) >= 11 is 11.2. The number of hydrogen-bond donors (Lipinski definition) is 3. The number of hydrogen-bond acceptors (Lipinski definition) is 6. The first-order valence-electron chi connectivity index (χ1n) is 10.4. The Morgan fingerprint density at radius 1 is 0.971 bits per heavy atom. The van der Waals surface area contributed by atoms with Gasteiger partial charge in [-0.2, -0.15) is 0 Å². The van der Waals surface area contributed by atoms with Crippen LogP contribution in [0, 0.1) is 11.6 Å². The van der Waals surface area contributed by atoms with E-state index >= 15 is 0 Å². The average Bonchev–Trinajstić information content (AvgIpc) is 2.81. The van der Waals surface area contributed by atoms with Crippen LogP contribution in [0.4, 0.5) is 8.78 Å². The molecular formula is C22H21Cl2F2N3O6. The molecular weight excluding hydrogens is 511 g/mol. The number of hydrazine groups is 1. The molecule has 1 saturated heterocycles. The number of ether oxygens (including phenoxy) is 2. The predicted octanol–water partition coefficient (Wildman–Crippen LogP) is 2.79. The van der Waals surface area contributed by atoms with Gasteiger partial charge in [-0.25, -0.2) is 13.8 Å². The van der Waals surface area contributed by atoms with E-state index in [1.807, 2.05) is 0 Å². The second-order valence-electron chi connectivity index (χ2n) is 7.60. The zero-order valence-corrected chi connectivity index (χ0v) is 19.6. The number of carbonyl (C=O) groups is 3. The molecule has 2 amide bonds. The van der Waals surface area contributed by atoms with Gasteiger partial charge in [-0.1, -0.05) is 23.2 Å². The van der Waals surface area contributed by atoms with Gasteiger partial charge in [-0.05, 0) is 37.1 Å². The molecule has 2 aromatic rings. The Bertz CT molecular complexity index is 1110. The van der Waals surface area contributed by atoms with Crippen LogP contribution in [0.5, 0.6) is 11.5 Å². The smallest absolute Gasteiger partial charge is 0.322 e. The molecule has 0 radical (unpaired) electrons. The standard InChI is InChI=1S/C22H21Cl2F2N3O6/c23-15-3-1-13(8-17(15)25)34-10-20(30)27-12-5-6-29(19(7-12)22(32)33)28-21(31)11-35-14-2-4-16(24)18(26)9-14/h1-4,8-9,12,19H,5-7,10-11H2,(H,27,30)(H,28,31)(H,32,33). The van der Waals surface area contributed by atoms with E-state index in [2.05, 4.69) is 10.7 Å². The number of nitrogens with zero attached hydrogens (tertiary/aromatic N) is 1. The van der Waals surface area contributed by atoms with Crippen LogP contribution in [0.15, 0.2) is 36.4 Å². The molecule has 9 nitrogen and oxygen atoms in total. The summed E-state index contributed by atoms with van der Waals surface area (Å²) in [4.78, 5) is 36.2. The van der Waals surface area contributed by atoms with Crippen LogP contribution in [0.25, 0.3) is 0 Å². The number of nitrogens with one attached hydrogen (secondary N) is 2. The first kappa shape index (κ1) is 26.5. The lowest BCUT2D eigenvalue weighted by molar-refractivity contribution is -0.149. The zero-order valence-electron chi connectivity index (χ0n) is 18.1. The van der Waals surface area contributed by atoms with Crippen LogP contribution in [0.1, 0.15) is 12.8 Å². The zero-order chi connectivity index (χ0) is 25.5. The predicted molar refractivity (Wildman–Crippen MR) is 121 cm³/mol. The van der Waals surface area contributed by atoms with Gasteiger partial charge >= 0.3 is 5.97 Å². The van der Waals surface area contributed by atoms with Crippen LogP contribution in [-0.2, 0) is 14.4 Å². The minimum Gasteiger partial charge on any atom is -0.484 e. The van der Waals surface area contributed by atoms with Crippen LogP contribution < -0.4 is 20.2 Å². The molecule has 1 fully saturated rings. The quantitative estimate of drug-likeness (QED) is 0.455. The normalized spacial score (nSPS) is 17.9. The minimum atomic E-state index is -1.20. The van der Waals surface area contributed by atoms with Crippen molar-refractivity contribution in [3.05, 3.63) is 58.1 Å². The molecule has 0 saturated carbocycles. The average molecular weight is 532 g/mol. The summed E-state index contributed by atoms with van der Waals surface area (Å²) < 4.78 is 37.4. The fourth-order valence-corrected chi connectivity index (χ4v) is 3.59. The third-order valence-electron chi connectivity index (χ3n) is 5.04. The summed E-state index contributed by atoms with van der Waals surface area (Å²) in [6, 6.07) is 5.84. The highest BCUT2D eigenvalue weighted by Crippen LogP contribution is 2.22. The molecule has 1 heterocycles. The first-order valence-corrected chi connectivity index (χ1v) is 11.1. The third kappa shape index (κ3) is 7.67. The summed E-state index contributed by atoms with van der Waals surface area (Å²) in [6.07, 6.45) is 0.356. The van der Waals surface area contributed by atoms with Crippen molar-refractivity contribution < 1.29 is 37.7 Å². The van der Waals surface area contributed by atoms with Crippen molar-refractivity contribution in [1.82, 2.24) is 15.8 Å². The van der Waals surface area contributed by atoms with Gasteiger partial charge in [0.1, 0.15) is 29.2 Å². The number of piperidine rings is 1. The molecule has 0 aliphatic carbocycles. The van der Waals surface area contributed by atoms with Gasteiger partial charge in [0.05, 0.1) is 10.0 Å². The molecule has 1 aliphatic rings. The monoisotopic (exact) mass is 531 g/mol. The maximum Gasteiger partial charge on any atom is 0.322 e. The van der Waals surface area contributed by atoms with Crippen molar-refractivity contribution in [1.29, 1.82) is 0 Å². The van der Waals surface area contributed by atoms with E-state index in [1.165, 1.54) is 29.3 Å². The van der Waals surface area contributed by atoms with E-state index in [4.69, 9.17) is 32.7 Å². The molecule has 0 spiro atoms. The second kappa shape index (κ2) is 12.0. The summed E-state index contributed by atoms with van der Waals surface area (Å²) in [6.45, 7) is -0.752. The molecule has 35 heavy (non-hydrogen) atoms. The van der Waals surface area contributed by atoms with Crippen LogP contribution in [0.3, 0.4) is 0 Å². The number of rotatable bonds is 9. The maximum absolute atomic E-state index is 13.5. The highest BCUT2D eigenvalue weighted by atomic mass is 35.5. The van der Waals surface area contributed by atoms with Gasteiger partial charge in [-0.15, -0.1) is 0 Å². The largest absolute Gasteiger partial charge is 0.484 e. The van der Waals surface area contributed by atoms with Gasteiger partial charge in [0.25, 0.3) is 11.8 Å². The topological polar surface area (TPSA) is 117 Å². The summed E-state index contributed by atoms with van der Waals surface area (Å²) in [7, 11) is 0. The maximum atomic E-state index is 13.5. The van der Waals surface area contributed by atoms with Crippen LogP contribution in [-0.4, -0.2) is 59.7 Å². The number of carbonyl (C=O) groups excluding carboxylic acids is 2. The third-order valence-corrected chi connectivity index (χ3v) is 5.66. The van der Waals surface area contributed by atoms with E-state index in [9.17, 15) is 28.3 Å². The number of benzene rings is 2. The highest BCUT2D eigenvalue weighted by molar-refractivity contribution is 6.31. The Hall–Kier alpha value is -3.15. The van der Waals surface area contributed by atoms with Crippen molar-refractivity contribution in [2.24, 2.45) is 0 Å². The molecule has 2 atom stereocenters. The minimum absolute atomic E-state index is 0.0141. The van der Waals surface area contributed by atoms with Crippen molar-refractivity contribution in [2.45, 2.75) is 24.9 Å². The highest BCUT2D eigenvalue weighted by Gasteiger charge is 2.35. The summed E-state index contributed by atoms with van der Waals surface area (Å²) in [5.41, 5.74) is 2.46. The fourth-order valence-electron chi connectivity index (χ4n) is 3.36. The lowest BCUT2D eigenvalue weighted by Crippen LogP contribution is -2.59.